The van der Waals surface area contributed by atoms with Gasteiger partial charge in [0.05, 0.1) is 13.2 Å². The van der Waals surface area contributed by atoms with Crippen molar-refractivity contribution in [3.05, 3.63) is 47.3 Å². The van der Waals surface area contributed by atoms with E-state index >= 15 is 0 Å². The lowest BCUT2D eigenvalue weighted by atomic mass is 10.1. The maximum absolute atomic E-state index is 12.6. The number of carbonyl (C=O) groups excluding carboxylic acids is 1. The topological polar surface area (TPSA) is 55.6 Å². The molecule has 0 spiro atoms. The fraction of sp³-hybridized carbons (Fsp3) is 0.444. The normalized spacial score (nSPS) is 17.5. The Bertz CT molecular complexity index is 680. The number of aromatic nitrogens is 1. The summed E-state index contributed by atoms with van der Waals surface area (Å²) in [6.07, 6.45) is 3.13. The average molecular weight is 314 g/mol. The highest BCUT2D eigenvalue weighted by Gasteiger charge is 2.31. The number of likely N-dealkylation sites (tertiary alicyclic amines) is 1. The molecule has 1 aromatic heterocycles. The fourth-order valence-corrected chi connectivity index (χ4v) is 3.21. The van der Waals surface area contributed by atoms with E-state index in [9.17, 15) is 4.79 Å². The number of para-hydroxylation sites is 1. The van der Waals surface area contributed by atoms with Crippen LogP contribution in [0.1, 0.15) is 42.3 Å². The van der Waals surface area contributed by atoms with Gasteiger partial charge in [-0.1, -0.05) is 23.4 Å². The maximum atomic E-state index is 12.6. The Morgan fingerprint density at radius 3 is 3.00 bits per heavy atom. The molecule has 5 nitrogen and oxygen atoms in total. The smallest absolute Gasteiger partial charge is 0.223 e. The van der Waals surface area contributed by atoms with Gasteiger partial charge in [-0.25, -0.2) is 0 Å². The maximum Gasteiger partial charge on any atom is 0.223 e. The van der Waals surface area contributed by atoms with Crippen molar-refractivity contribution in [2.24, 2.45) is 0 Å². The summed E-state index contributed by atoms with van der Waals surface area (Å²) in [5.41, 5.74) is 1.93. The standard InChI is InChI=1S/C18H22N2O3/c1-13-12-15(19-23-13)16-7-5-11-20(16)18(21)10-9-14-6-3-4-8-17(14)22-2/h3-4,6,8,12,16H,5,7,9-11H2,1-2H3/t16-/m0/s1. The van der Waals surface area contributed by atoms with E-state index < -0.39 is 0 Å². The molecule has 122 valence electrons. The first kappa shape index (κ1) is 15.6. The van der Waals surface area contributed by atoms with Crippen LogP contribution in [0.4, 0.5) is 0 Å². The molecule has 1 aliphatic rings. The first-order chi connectivity index (χ1) is 11.2. The van der Waals surface area contributed by atoms with Crippen molar-refractivity contribution in [2.75, 3.05) is 13.7 Å². The Morgan fingerprint density at radius 1 is 1.43 bits per heavy atom. The second kappa shape index (κ2) is 6.86. The summed E-state index contributed by atoms with van der Waals surface area (Å²) < 4.78 is 10.5. The average Bonchev–Trinajstić information content (AvgIpc) is 3.21. The van der Waals surface area contributed by atoms with Crippen molar-refractivity contribution in [1.82, 2.24) is 10.1 Å². The van der Waals surface area contributed by atoms with Crippen molar-refractivity contribution in [1.29, 1.82) is 0 Å². The van der Waals surface area contributed by atoms with Crippen molar-refractivity contribution in [3.63, 3.8) is 0 Å². The zero-order valence-electron chi connectivity index (χ0n) is 13.6. The summed E-state index contributed by atoms with van der Waals surface area (Å²) in [5, 5.41) is 4.09. The van der Waals surface area contributed by atoms with Gasteiger partial charge in [0, 0.05) is 19.0 Å². The van der Waals surface area contributed by atoms with Crippen LogP contribution in [0.25, 0.3) is 0 Å². The Kier molecular flexibility index (Phi) is 4.65. The molecule has 5 heteroatoms. The predicted molar refractivity (Wildman–Crippen MR) is 86.2 cm³/mol. The fourth-order valence-electron chi connectivity index (χ4n) is 3.21. The largest absolute Gasteiger partial charge is 0.496 e. The minimum atomic E-state index is 0.0534. The number of amides is 1. The third-order valence-corrected chi connectivity index (χ3v) is 4.36. The number of rotatable bonds is 5. The van der Waals surface area contributed by atoms with Crippen molar-refractivity contribution in [3.8, 4) is 5.75 Å². The number of methoxy groups -OCH3 is 1. The van der Waals surface area contributed by atoms with Gasteiger partial charge >= 0.3 is 0 Å². The zero-order chi connectivity index (χ0) is 16.2. The molecule has 0 radical (unpaired) electrons. The van der Waals surface area contributed by atoms with Gasteiger partial charge in [-0.15, -0.1) is 0 Å². The first-order valence-corrected chi connectivity index (χ1v) is 8.03. The summed E-state index contributed by atoms with van der Waals surface area (Å²) in [5.74, 6) is 1.79. The van der Waals surface area contributed by atoms with Gasteiger partial charge in [-0.3, -0.25) is 4.79 Å². The molecule has 1 saturated heterocycles. The van der Waals surface area contributed by atoms with Crippen LogP contribution in [0.5, 0.6) is 5.75 Å². The Hall–Kier alpha value is -2.30. The van der Waals surface area contributed by atoms with Gasteiger partial charge in [0.15, 0.2) is 0 Å². The minimum absolute atomic E-state index is 0.0534. The molecular formula is C18H22N2O3. The molecular weight excluding hydrogens is 292 g/mol. The lowest BCUT2D eigenvalue weighted by Gasteiger charge is -2.23. The highest BCUT2D eigenvalue weighted by atomic mass is 16.5. The number of benzene rings is 1. The quantitative estimate of drug-likeness (QED) is 0.850. The number of nitrogens with zero attached hydrogens (tertiary/aromatic N) is 2. The number of hydrogen-bond acceptors (Lipinski definition) is 4. The molecule has 1 aliphatic heterocycles. The van der Waals surface area contributed by atoms with E-state index in [0.29, 0.717) is 12.8 Å². The summed E-state index contributed by atoms with van der Waals surface area (Å²) >= 11 is 0. The van der Waals surface area contributed by atoms with Crippen molar-refractivity contribution in [2.45, 2.75) is 38.6 Å². The van der Waals surface area contributed by atoms with Gasteiger partial charge < -0.3 is 14.2 Å². The van der Waals surface area contributed by atoms with E-state index in [2.05, 4.69) is 5.16 Å². The molecule has 0 bridgehead atoms. The van der Waals surface area contributed by atoms with Gasteiger partial charge in [0.1, 0.15) is 17.2 Å². The summed E-state index contributed by atoms with van der Waals surface area (Å²) in [6, 6.07) is 9.83. The van der Waals surface area contributed by atoms with Gasteiger partial charge in [-0.2, -0.15) is 0 Å². The van der Waals surface area contributed by atoms with E-state index in [1.54, 1.807) is 7.11 Å². The van der Waals surface area contributed by atoms with Crippen LogP contribution in [0, 0.1) is 6.92 Å². The van der Waals surface area contributed by atoms with Crippen molar-refractivity contribution >= 4 is 5.91 Å². The monoisotopic (exact) mass is 314 g/mol. The Morgan fingerprint density at radius 2 is 2.26 bits per heavy atom. The summed E-state index contributed by atoms with van der Waals surface area (Å²) in [7, 11) is 1.66. The van der Waals surface area contributed by atoms with Crippen LogP contribution in [0.2, 0.25) is 0 Å². The number of ether oxygens (including phenoxy) is 1. The molecule has 1 fully saturated rings. The van der Waals surface area contributed by atoms with Gasteiger partial charge in [-0.05, 0) is 37.8 Å². The third-order valence-electron chi connectivity index (χ3n) is 4.36. The second-order valence-corrected chi connectivity index (χ2v) is 5.92. The van der Waals surface area contributed by atoms with Crippen LogP contribution in [-0.2, 0) is 11.2 Å². The lowest BCUT2D eigenvalue weighted by Crippen LogP contribution is -2.30. The highest BCUT2D eigenvalue weighted by molar-refractivity contribution is 5.77. The first-order valence-electron chi connectivity index (χ1n) is 8.03. The minimum Gasteiger partial charge on any atom is -0.496 e. The van der Waals surface area contributed by atoms with Gasteiger partial charge in [0.25, 0.3) is 0 Å². The van der Waals surface area contributed by atoms with E-state index in [-0.39, 0.29) is 11.9 Å². The SMILES string of the molecule is COc1ccccc1CCC(=O)N1CCC[C@H]1c1cc(C)on1. The van der Waals surface area contributed by atoms with Crippen LogP contribution in [0.15, 0.2) is 34.9 Å². The third kappa shape index (κ3) is 3.38. The van der Waals surface area contributed by atoms with Crippen LogP contribution < -0.4 is 4.74 Å². The molecule has 1 atom stereocenters. The van der Waals surface area contributed by atoms with Crippen molar-refractivity contribution < 1.29 is 14.1 Å². The zero-order valence-corrected chi connectivity index (χ0v) is 13.6. The molecule has 2 heterocycles. The second-order valence-electron chi connectivity index (χ2n) is 5.92. The number of carbonyl (C=O) groups is 1. The van der Waals surface area contributed by atoms with E-state index in [1.165, 1.54) is 0 Å². The van der Waals surface area contributed by atoms with Gasteiger partial charge in [0.2, 0.25) is 5.91 Å². The van der Waals surface area contributed by atoms with E-state index in [0.717, 1.165) is 42.2 Å². The van der Waals surface area contributed by atoms with E-state index in [4.69, 9.17) is 9.26 Å². The molecule has 2 aromatic rings. The molecule has 0 aliphatic carbocycles. The molecule has 0 saturated carbocycles. The molecule has 3 rings (SSSR count). The summed E-state index contributed by atoms with van der Waals surface area (Å²) in [4.78, 5) is 14.6. The number of aryl methyl sites for hydroxylation is 2. The molecule has 23 heavy (non-hydrogen) atoms. The number of hydrogen-bond donors (Lipinski definition) is 0. The summed E-state index contributed by atoms with van der Waals surface area (Å²) in [6.45, 7) is 2.67. The highest BCUT2D eigenvalue weighted by Crippen LogP contribution is 2.32. The van der Waals surface area contributed by atoms with Crippen LogP contribution in [-0.4, -0.2) is 29.6 Å². The van der Waals surface area contributed by atoms with Crippen LogP contribution >= 0.6 is 0 Å². The molecule has 1 amide bonds. The molecule has 1 aromatic carbocycles. The lowest BCUT2D eigenvalue weighted by molar-refractivity contribution is -0.132. The Labute approximate surface area is 136 Å². The van der Waals surface area contributed by atoms with E-state index in [1.807, 2.05) is 42.2 Å². The van der Waals surface area contributed by atoms with Crippen LogP contribution in [0.3, 0.4) is 0 Å². The predicted octanol–water partition coefficient (Wildman–Crippen LogP) is 3.29. The molecule has 0 unspecified atom stereocenters. The molecule has 0 N–H and O–H groups in total. The Balaban J connectivity index is 1.65.